The summed E-state index contributed by atoms with van der Waals surface area (Å²) in [6, 6.07) is 10.2. The summed E-state index contributed by atoms with van der Waals surface area (Å²) in [6.07, 6.45) is 3.91. The van der Waals surface area contributed by atoms with Gasteiger partial charge >= 0.3 is 0 Å². The van der Waals surface area contributed by atoms with E-state index in [-0.39, 0.29) is 6.10 Å². The smallest absolute Gasteiger partial charge is 0.163 e. The zero-order valence-electron chi connectivity index (χ0n) is 13.1. The number of allylic oxidation sites excluding steroid dienone is 1. The Labute approximate surface area is 127 Å². The molecule has 0 N–H and O–H groups in total. The molecule has 1 fully saturated rings. The van der Waals surface area contributed by atoms with Crippen LogP contribution in [0.15, 0.2) is 43.0 Å². The summed E-state index contributed by atoms with van der Waals surface area (Å²) in [6.45, 7) is 9.83. The highest BCUT2D eigenvalue weighted by atomic mass is 16.7. The topological polar surface area (TPSA) is 27.7 Å². The van der Waals surface area contributed by atoms with Gasteiger partial charge in [-0.1, -0.05) is 36.4 Å². The molecule has 0 amide bonds. The molecule has 2 atom stereocenters. The van der Waals surface area contributed by atoms with E-state index in [1.807, 2.05) is 38.1 Å². The Balaban J connectivity index is 1.77. The minimum absolute atomic E-state index is 0.169. The SMILES string of the molecule is C=CC[C@@H]1COC(C)(C)O[C@H]1CCOCc1ccccc1. The van der Waals surface area contributed by atoms with Crippen LogP contribution in [0.3, 0.4) is 0 Å². The molecule has 0 unspecified atom stereocenters. The molecule has 0 aliphatic carbocycles. The van der Waals surface area contributed by atoms with Gasteiger partial charge in [-0.15, -0.1) is 6.58 Å². The predicted molar refractivity (Wildman–Crippen MR) is 83.9 cm³/mol. The van der Waals surface area contributed by atoms with E-state index in [1.54, 1.807) is 0 Å². The minimum atomic E-state index is -0.498. The molecular weight excluding hydrogens is 264 g/mol. The maximum atomic E-state index is 6.04. The normalized spacial score (nSPS) is 24.7. The number of hydrogen-bond donors (Lipinski definition) is 0. The van der Waals surface area contributed by atoms with Gasteiger partial charge in [-0.2, -0.15) is 0 Å². The Bertz CT molecular complexity index is 427. The molecular formula is C18H26O3. The van der Waals surface area contributed by atoms with Gasteiger partial charge in [0.05, 0.1) is 19.3 Å². The molecule has 1 aromatic rings. The molecule has 116 valence electrons. The summed E-state index contributed by atoms with van der Waals surface area (Å²) >= 11 is 0. The average molecular weight is 290 g/mol. The molecule has 0 bridgehead atoms. The van der Waals surface area contributed by atoms with Crippen molar-refractivity contribution in [2.45, 2.75) is 45.2 Å². The first-order valence-electron chi connectivity index (χ1n) is 7.65. The molecule has 0 spiro atoms. The lowest BCUT2D eigenvalue weighted by Gasteiger charge is -2.41. The zero-order valence-corrected chi connectivity index (χ0v) is 13.1. The van der Waals surface area contributed by atoms with Crippen molar-refractivity contribution >= 4 is 0 Å². The summed E-state index contributed by atoms with van der Waals surface area (Å²) in [5.41, 5.74) is 1.20. The van der Waals surface area contributed by atoms with Crippen LogP contribution in [0.1, 0.15) is 32.3 Å². The van der Waals surface area contributed by atoms with Crippen molar-refractivity contribution in [3.8, 4) is 0 Å². The maximum absolute atomic E-state index is 6.04. The van der Waals surface area contributed by atoms with E-state index >= 15 is 0 Å². The second-order valence-electron chi connectivity index (χ2n) is 5.98. The van der Waals surface area contributed by atoms with Gasteiger partial charge in [-0.3, -0.25) is 0 Å². The molecule has 1 saturated heterocycles. The molecule has 1 aromatic carbocycles. The standard InChI is InChI=1S/C18H26O3/c1-4-8-16-14-20-18(2,3)21-17(16)11-12-19-13-15-9-6-5-7-10-15/h4-7,9-10,16-17H,1,8,11-14H2,2-3H3/t16-,17+/m1/s1. The Kier molecular flexibility index (Phi) is 5.97. The maximum Gasteiger partial charge on any atom is 0.163 e. The fourth-order valence-electron chi connectivity index (χ4n) is 2.60. The van der Waals surface area contributed by atoms with Gasteiger partial charge in [-0.25, -0.2) is 0 Å². The first-order chi connectivity index (χ1) is 10.1. The average Bonchev–Trinajstić information content (AvgIpc) is 2.47. The van der Waals surface area contributed by atoms with Crippen LogP contribution in [0.4, 0.5) is 0 Å². The van der Waals surface area contributed by atoms with E-state index in [4.69, 9.17) is 14.2 Å². The number of rotatable bonds is 7. The van der Waals surface area contributed by atoms with Crippen LogP contribution < -0.4 is 0 Å². The summed E-state index contributed by atoms with van der Waals surface area (Å²) in [4.78, 5) is 0. The van der Waals surface area contributed by atoms with Crippen LogP contribution in [-0.2, 0) is 20.8 Å². The number of hydrogen-bond acceptors (Lipinski definition) is 3. The first-order valence-corrected chi connectivity index (χ1v) is 7.65. The summed E-state index contributed by atoms with van der Waals surface area (Å²) in [5.74, 6) is -0.127. The molecule has 2 rings (SSSR count). The van der Waals surface area contributed by atoms with Gasteiger partial charge < -0.3 is 14.2 Å². The quantitative estimate of drug-likeness (QED) is 0.562. The van der Waals surface area contributed by atoms with Gasteiger partial charge in [0.15, 0.2) is 5.79 Å². The van der Waals surface area contributed by atoms with E-state index in [0.29, 0.717) is 19.1 Å². The Morgan fingerprint density at radius 3 is 2.81 bits per heavy atom. The van der Waals surface area contributed by atoms with Gasteiger partial charge in [0, 0.05) is 12.5 Å². The van der Waals surface area contributed by atoms with Crippen molar-refractivity contribution in [3.05, 3.63) is 48.6 Å². The fourth-order valence-corrected chi connectivity index (χ4v) is 2.60. The van der Waals surface area contributed by atoms with E-state index in [9.17, 15) is 0 Å². The van der Waals surface area contributed by atoms with Crippen molar-refractivity contribution < 1.29 is 14.2 Å². The van der Waals surface area contributed by atoms with Crippen LogP contribution in [0.25, 0.3) is 0 Å². The van der Waals surface area contributed by atoms with Crippen LogP contribution >= 0.6 is 0 Å². The highest BCUT2D eigenvalue weighted by Gasteiger charge is 2.35. The Morgan fingerprint density at radius 1 is 1.33 bits per heavy atom. The number of ether oxygens (including phenoxy) is 3. The van der Waals surface area contributed by atoms with Gasteiger partial charge in [-0.05, 0) is 32.3 Å². The van der Waals surface area contributed by atoms with Crippen LogP contribution in [0.5, 0.6) is 0 Å². The van der Waals surface area contributed by atoms with Crippen molar-refractivity contribution in [1.82, 2.24) is 0 Å². The molecule has 1 aliphatic heterocycles. The monoisotopic (exact) mass is 290 g/mol. The number of benzene rings is 1. The largest absolute Gasteiger partial charge is 0.377 e. The summed E-state index contributed by atoms with van der Waals surface area (Å²) in [5, 5.41) is 0. The van der Waals surface area contributed by atoms with Crippen molar-refractivity contribution in [2.24, 2.45) is 5.92 Å². The molecule has 1 heterocycles. The zero-order chi connectivity index (χ0) is 15.1. The molecule has 0 saturated carbocycles. The molecule has 3 heteroatoms. The van der Waals surface area contributed by atoms with E-state index in [1.165, 1.54) is 5.56 Å². The third-order valence-corrected chi connectivity index (χ3v) is 3.73. The van der Waals surface area contributed by atoms with Gasteiger partial charge in [0.2, 0.25) is 0 Å². The van der Waals surface area contributed by atoms with Crippen LogP contribution in [0.2, 0.25) is 0 Å². The van der Waals surface area contributed by atoms with Crippen LogP contribution in [-0.4, -0.2) is 25.1 Å². The van der Waals surface area contributed by atoms with Gasteiger partial charge in [0.25, 0.3) is 0 Å². The molecule has 1 aliphatic rings. The molecule has 21 heavy (non-hydrogen) atoms. The third-order valence-electron chi connectivity index (χ3n) is 3.73. The third kappa shape index (κ3) is 5.27. The highest BCUT2D eigenvalue weighted by molar-refractivity contribution is 5.13. The van der Waals surface area contributed by atoms with Crippen molar-refractivity contribution in [2.75, 3.05) is 13.2 Å². The lowest BCUT2D eigenvalue weighted by molar-refractivity contribution is -0.294. The Morgan fingerprint density at radius 2 is 2.10 bits per heavy atom. The molecule has 0 radical (unpaired) electrons. The lowest BCUT2D eigenvalue weighted by atomic mass is 9.95. The minimum Gasteiger partial charge on any atom is -0.377 e. The second kappa shape index (κ2) is 7.74. The van der Waals surface area contributed by atoms with E-state index < -0.39 is 5.79 Å². The van der Waals surface area contributed by atoms with E-state index in [2.05, 4.69) is 18.7 Å². The fraction of sp³-hybridized carbons (Fsp3) is 0.556. The lowest BCUT2D eigenvalue weighted by Crippen LogP contribution is -2.45. The second-order valence-corrected chi connectivity index (χ2v) is 5.98. The van der Waals surface area contributed by atoms with Crippen molar-refractivity contribution in [1.29, 1.82) is 0 Å². The molecule has 0 aromatic heterocycles. The predicted octanol–water partition coefficient (Wildman–Crippen LogP) is 3.94. The highest BCUT2D eigenvalue weighted by Crippen LogP contribution is 2.30. The van der Waals surface area contributed by atoms with Gasteiger partial charge in [0.1, 0.15) is 0 Å². The van der Waals surface area contributed by atoms with Crippen LogP contribution in [0, 0.1) is 5.92 Å². The first kappa shape index (κ1) is 16.2. The summed E-state index contributed by atoms with van der Waals surface area (Å²) in [7, 11) is 0. The summed E-state index contributed by atoms with van der Waals surface area (Å²) < 4.78 is 17.5. The van der Waals surface area contributed by atoms with E-state index in [0.717, 1.165) is 19.4 Å². The van der Waals surface area contributed by atoms with Crippen molar-refractivity contribution in [3.63, 3.8) is 0 Å². The molecule has 3 nitrogen and oxygen atoms in total. The Hall–Kier alpha value is -1.16.